The highest BCUT2D eigenvalue weighted by atomic mass is 16.4. The number of hydrogen-bond acceptors (Lipinski definition) is 3. The molecule has 0 bridgehead atoms. The maximum Gasteiger partial charge on any atom is 0.335 e. The zero-order valence-electron chi connectivity index (χ0n) is 14.6. The predicted molar refractivity (Wildman–Crippen MR) is 98.0 cm³/mol. The molecule has 3 N–H and O–H groups in total. The van der Waals surface area contributed by atoms with Crippen LogP contribution in [0.15, 0.2) is 42.5 Å². The number of benzene rings is 2. The van der Waals surface area contributed by atoms with E-state index in [0.717, 1.165) is 28.9 Å². The van der Waals surface area contributed by atoms with Crippen molar-refractivity contribution in [1.82, 2.24) is 0 Å². The Balaban J connectivity index is 1.96. The Morgan fingerprint density at radius 1 is 1.20 bits per heavy atom. The van der Waals surface area contributed by atoms with Gasteiger partial charge in [-0.3, -0.25) is 4.79 Å². The first kappa shape index (κ1) is 17.0. The molecular weight excluding hydrogens is 316 g/mol. The third kappa shape index (κ3) is 3.50. The Morgan fingerprint density at radius 2 is 1.96 bits per heavy atom. The van der Waals surface area contributed by atoms with Gasteiger partial charge in [0.05, 0.1) is 11.6 Å². The van der Waals surface area contributed by atoms with Crippen molar-refractivity contribution in [1.29, 1.82) is 0 Å². The summed E-state index contributed by atoms with van der Waals surface area (Å²) < 4.78 is 0. The first-order chi connectivity index (χ1) is 11.8. The number of carbonyl (C=O) groups excluding carboxylic acids is 1. The van der Waals surface area contributed by atoms with Crippen molar-refractivity contribution in [3.05, 3.63) is 59.2 Å². The molecule has 1 aliphatic heterocycles. The number of amides is 1. The van der Waals surface area contributed by atoms with Gasteiger partial charge in [-0.15, -0.1) is 0 Å². The van der Waals surface area contributed by atoms with E-state index in [1.165, 1.54) is 6.92 Å². The van der Waals surface area contributed by atoms with Crippen LogP contribution in [0.3, 0.4) is 0 Å². The van der Waals surface area contributed by atoms with E-state index in [2.05, 4.69) is 24.5 Å². The number of rotatable bonds is 3. The maximum atomic E-state index is 11.3. The summed E-state index contributed by atoms with van der Waals surface area (Å²) in [6.45, 7) is 5.81. The molecule has 1 unspecified atom stereocenters. The van der Waals surface area contributed by atoms with Crippen molar-refractivity contribution < 1.29 is 14.7 Å². The van der Waals surface area contributed by atoms with Crippen LogP contribution < -0.4 is 10.6 Å². The van der Waals surface area contributed by atoms with Crippen LogP contribution in [0.25, 0.3) is 0 Å². The van der Waals surface area contributed by atoms with Gasteiger partial charge < -0.3 is 15.7 Å². The number of aromatic carboxylic acids is 1. The number of carbonyl (C=O) groups is 2. The summed E-state index contributed by atoms with van der Waals surface area (Å²) in [4.78, 5) is 22.5. The van der Waals surface area contributed by atoms with Gasteiger partial charge in [-0.05, 0) is 53.3 Å². The zero-order chi connectivity index (χ0) is 18.2. The lowest BCUT2D eigenvalue weighted by atomic mass is 9.72. The lowest BCUT2D eigenvalue weighted by Crippen LogP contribution is -2.35. The molecule has 0 saturated carbocycles. The Bertz CT molecular complexity index is 843. The second-order valence-electron chi connectivity index (χ2n) is 7.23. The van der Waals surface area contributed by atoms with Gasteiger partial charge in [0.2, 0.25) is 5.91 Å². The molecule has 1 aliphatic rings. The summed E-state index contributed by atoms with van der Waals surface area (Å²) in [6.07, 6.45) is 0.769. The highest BCUT2D eigenvalue weighted by molar-refractivity contribution is 5.89. The van der Waals surface area contributed by atoms with Crippen LogP contribution in [0.5, 0.6) is 0 Å². The van der Waals surface area contributed by atoms with E-state index in [-0.39, 0.29) is 17.4 Å². The summed E-state index contributed by atoms with van der Waals surface area (Å²) in [5.74, 6) is -1.01. The van der Waals surface area contributed by atoms with Gasteiger partial charge in [0.15, 0.2) is 0 Å². The first-order valence-corrected chi connectivity index (χ1v) is 8.26. The summed E-state index contributed by atoms with van der Waals surface area (Å²) in [5.41, 5.74) is 4.03. The SMILES string of the molecule is CC(=O)Nc1cccc(C2Nc3ccc(C(=O)O)cc3CC2(C)C)c1. The average molecular weight is 338 g/mol. The quantitative estimate of drug-likeness (QED) is 0.788. The summed E-state index contributed by atoms with van der Waals surface area (Å²) in [7, 11) is 0. The summed E-state index contributed by atoms with van der Waals surface area (Å²) >= 11 is 0. The average Bonchev–Trinajstić information content (AvgIpc) is 2.52. The van der Waals surface area contributed by atoms with E-state index in [1.54, 1.807) is 12.1 Å². The van der Waals surface area contributed by atoms with Crippen LogP contribution in [0.4, 0.5) is 11.4 Å². The summed E-state index contributed by atoms with van der Waals surface area (Å²) in [6, 6.07) is 13.1. The highest BCUT2D eigenvalue weighted by Gasteiger charge is 2.36. The van der Waals surface area contributed by atoms with Crippen molar-refractivity contribution >= 4 is 23.3 Å². The predicted octanol–water partition coefficient (Wildman–Crippen LogP) is 4.08. The molecule has 0 saturated heterocycles. The molecule has 5 nitrogen and oxygen atoms in total. The molecule has 0 fully saturated rings. The number of fused-ring (bicyclic) bond motifs is 1. The van der Waals surface area contributed by atoms with Crippen LogP contribution in [-0.4, -0.2) is 17.0 Å². The fraction of sp³-hybridized carbons (Fsp3) is 0.300. The third-order valence-electron chi connectivity index (χ3n) is 4.62. The van der Waals surface area contributed by atoms with Crippen molar-refractivity contribution in [3.8, 4) is 0 Å². The van der Waals surface area contributed by atoms with Crippen LogP contribution in [0.1, 0.15) is 48.3 Å². The lowest BCUT2D eigenvalue weighted by Gasteiger charge is -2.41. The van der Waals surface area contributed by atoms with Crippen LogP contribution >= 0.6 is 0 Å². The van der Waals surface area contributed by atoms with Crippen molar-refractivity contribution in [3.63, 3.8) is 0 Å². The topological polar surface area (TPSA) is 78.4 Å². The van der Waals surface area contributed by atoms with Crippen LogP contribution in [0.2, 0.25) is 0 Å². The van der Waals surface area contributed by atoms with Crippen molar-refractivity contribution in [2.75, 3.05) is 10.6 Å². The fourth-order valence-electron chi connectivity index (χ4n) is 3.49. The second-order valence-corrected chi connectivity index (χ2v) is 7.23. The lowest BCUT2D eigenvalue weighted by molar-refractivity contribution is -0.114. The van der Waals surface area contributed by atoms with E-state index >= 15 is 0 Å². The first-order valence-electron chi connectivity index (χ1n) is 8.26. The molecule has 1 heterocycles. The van der Waals surface area contributed by atoms with Crippen molar-refractivity contribution in [2.45, 2.75) is 33.2 Å². The number of nitrogens with one attached hydrogen (secondary N) is 2. The second kappa shape index (κ2) is 6.24. The standard InChI is InChI=1S/C20H22N2O3/c1-12(23)21-16-6-4-5-13(10-16)18-20(2,3)11-15-9-14(19(24)25)7-8-17(15)22-18/h4-10,18,22H,11H2,1-3H3,(H,21,23)(H,24,25). The third-order valence-corrected chi connectivity index (χ3v) is 4.62. The van der Waals surface area contributed by atoms with Gasteiger partial charge >= 0.3 is 5.97 Å². The van der Waals surface area contributed by atoms with E-state index in [9.17, 15) is 14.7 Å². The Morgan fingerprint density at radius 3 is 2.64 bits per heavy atom. The molecule has 0 radical (unpaired) electrons. The molecule has 0 aromatic heterocycles. The van der Waals surface area contributed by atoms with Gasteiger partial charge in [0, 0.05) is 18.3 Å². The molecule has 25 heavy (non-hydrogen) atoms. The van der Waals surface area contributed by atoms with Gasteiger partial charge in [-0.25, -0.2) is 4.79 Å². The number of anilines is 2. The molecule has 1 atom stereocenters. The normalized spacial score (nSPS) is 18.0. The van der Waals surface area contributed by atoms with Crippen molar-refractivity contribution in [2.24, 2.45) is 5.41 Å². The largest absolute Gasteiger partial charge is 0.478 e. The molecule has 5 heteroatoms. The molecule has 0 spiro atoms. The minimum Gasteiger partial charge on any atom is -0.478 e. The Hall–Kier alpha value is -2.82. The summed E-state index contributed by atoms with van der Waals surface area (Å²) in [5, 5.41) is 15.6. The van der Waals surface area contributed by atoms with E-state index < -0.39 is 5.97 Å². The van der Waals surface area contributed by atoms with Crippen LogP contribution in [0, 0.1) is 5.41 Å². The minimum atomic E-state index is -0.911. The van der Waals surface area contributed by atoms with Gasteiger partial charge in [-0.1, -0.05) is 26.0 Å². The Labute approximate surface area is 147 Å². The molecule has 1 amide bonds. The van der Waals surface area contributed by atoms with E-state index in [1.807, 2.05) is 30.3 Å². The molecule has 3 rings (SSSR count). The molecule has 130 valence electrons. The smallest absolute Gasteiger partial charge is 0.335 e. The monoisotopic (exact) mass is 338 g/mol. The minimum absolute atomic E-state index is 0.0596. The van der Waals surface area contributed by atoms with Crippen LogP contribution in [-0.2, 0) is 11.2 Å². The molecular formula is C20H22N2O3. The van der Waals surface area contributed by atoms with Gasteiger partial charge in [0.25, 0.3) is 0 Å². The number of hydrogen-bond donors (Lipinski definition) is 3. The maximum absolute atomic E-state index is 11.3. The van der Waals surface area contributed by atoms with Gasteiger partial charge in [0.1, 0.15) is 0 Å². The molecule has 0 aliphatic carbocycles. The van der Waals surface area contributed by atoms with Gasteiger partial charge in [-0.2, -0.15) is 0 Å². The zero-order valence-corrected chi connectivity index (χ0v) is 14.6. The van der Waals surface area contributed by atoms with E-state index in [0.29, 0.717) is 5.56 Å². The molecule has 2 aromatic rings. The Kier molecular flexibility index (Phi) is 4.25. The van der Waals surface area contributed by atoms with E-state index in [4.69, 9.17) is 0 Å². The number of carboxylic acids is 1. The fourth-order valence-corrected chi connectivity index (χ4v) is 3.49. The molecule has 2 aromatic carbocycles. The highest BCUT2D eigenvalue weighted by Crippen LogP contribution is 2.45. The number of carboxylic acid groups (broad SMARTS) is 1.